The van der Waals surface area contributed by atoms with E-state index >= 15 is 0 Å². The fraction of sp³-hybridized carbons (Fsp3) is 0.667. The van der Waals surface area contributed by atoms with Crippen LogP contribution in [0.2, 0.25) is 0 Å². The number of carboxylic acids is 1. The van der Waals surface area contributed by atoms with E-state index in [4.69, 9.17) is 14.3 Å². The maximum atomic E-state index is 12.9. The molecule has 1 saturated heterocycles. The van der Waals surface area contributed by atoms with Gasteiger partial charge in [0.05, 0.1) is 6.10 Å². The van der Waals surface area contributed by atoms with Gasteiger partial charge in [0.2, 0.25) is 5.76 Å². The fourth-order valence-electron chi connectivity index (χ4n) is 3.67. The summed E-state index contributed by atoms with van der Waals surface area (Å²) in [5, 5.41) is 8.99. The number of carboxylic acid groups (broad SMARTS) is 1. The highest BCUT2D eigenvalue weighted by Crippen LogP contribution is 2.29. The normalized spacial score (nSPS) is 27.1. The van der Waals surface area contributed by atoms with Gasteiger partial charge in [-0.05, 0) is 56.6 Å². The molecule has 0 spiro atoms. The molecular formula is C18H25NO5. The lowest BCUT2D eigenvalue weighted by atomic mass is 9.86. The van der Waals surface area contributed by atoms with Gasteiger partial charge in [-0.2, -0.15) is 0 Å². The second-order valence-electron chi connectivity index (χ2n) is 6.98. The largest absolute Gasteiger partial charge is 0.475 e. The van der Waals surface area contributed by atoms with Gasteiger partial charge in [-0.3, -0.25) is 4.79 Å². The molecule has 132 valence electrons. The van der Waals surface area contributed by atoms with Gasteiger partial charge in [0.1, 0.15) is 0 Å². The standard InChI is InChI=1S/C18H25NO5/c1-12-4-6-13(7-5-12)19(11-14-3-2-10-23-14)17(20)15-8-9-16(24-15)18(21)22/h8-9,12-14H,2-7,10-11H2,1H3,(H,21,22). The lowest BCUT2D eigenvalue weighted by Gasteiger charge is -2.37. The predicted molar refractivity (Wildman–Crippen MR) is 87.1 cm³/mol. The summed E-state index contributed by atoms with van der Waals surface area (Å²) in [4.78, 5) is 25.8. The molecule has 24 heavy (non-hydrogen) atoms. The minimum atomic E-state index is -1.16. The highest BCUT2D eigenvalue weighted by molar-refractivity contribution is 5.93. The van der Waals surface area contributed by atoms with Crippen LogP contribution < -0.4 is 0 Å². The second-order valence-corrected chi connectivity index (χ2v) is 6.98. The number of hydrogen-bond donors (Lipinski definition) is 1. The number of hydrogen-bond acceptors (Lipinski definition) is 4. The molecule has 2 fully saturated rings. The highest BCUT2D eigenvalue weighted by atomic mass is 16.5. The average Bonchev–Trinajstić information content (AvgIpc) is 3.24. The van der Waals surface area contributed by atoms with Crippen molar-refractivity contribution in [3.8, 4) is 0 Å². The Morgan fingerprint density at radius 2 is 1.88 bits per heavy atom. The van der Waals surface area contributed by atoms with Crippen molar-refractivity contribution in [1.82, 2.24) is 4.90 Å². The monoisotopic (exact) mass is 335 g/mol. The zero-order valence-electron chi connectivity index (χ0n) is 14.1. The van der Waals surface area contributed by atoms with Crippen LogP contribution in [0, 0.1) is 5.92 Å². The number of carbonyl (C=O) groups excluding carboxylic acids is 1. The van der Waals surface area contributed by atoms with Crippen molar-refractivity contribution < 1.29 is 23.8 Å². The van der Waals surface area contributed by atoms with E-state index in [0.717, 1.165) is 45.1 Å². The molecule has 6 heteroatoms. The molecule has 1 aliphatic heterocycles. The van der Waals surface area contributed by atoms with Gasteiger partial charge in [0.25, 0.3) is 5.91 Å². The minimum absolute atomic E-state index is 0.0715. The highest BCUT2D eigenvalue weighted by Gasteiger charge is 2.32. The second kappa shape index (κ2) is 7.38. The third-order valence-corrected chi connectivity index (χ3v) is 5.14. The Hall–Kier alpha value is -1.82. The van der Waals surface area contributed by atoms with E-state index in [2.05, 4.69) is 6.92 Å². The van der Waals surface area contributed by atoms with Gasteiger partial charge in [-0.15, -0.1) is 0 Å². The first kappa shape index (κ1) is 17.0. The Labute approximate surface area is 141 Å². The molecular weight excluding hydrogens is 310 g/mol. The topological polar surface area (TPSA) is 80.0 Å². The number of rotatable bonds is 5. The number of amides is 1. The first-order valence-corrected chi connectivity index (χ1v) is 8.80. The first-order chi connectivity index (χ1) is 11.5. The van der Waals surface area contributed by atoms with E-state index in [0.29, 0.717) is 12.5 Å². The smallest absolute Gasteiger partial charge is 0.371 e. The molecule has 1 aromatic heterocycles. The van der Waals surface area contributed by atoms with Crippen molar-refractivity contribution in [2.75, 3.05) is 13.2 Å². The van der Waals surface area contributed by atoms with Crippen molar-refractivity contribution >= 4 is 11.9 Å². The maximum absolute atomic E-state index is 12.9. The van der Waals surface area contributed by atoms with Crippen LogP contribution in [0.1, 0.15) is 66.6 Å². The van der Waals surface area contributed by atoms with Crippen LogP contribution in [0.3, 0.4) is 0 Å². The SMILES string of the molecule is CC1CCC(N(CC2CCCO2)C(=O)c2ccc(C(=O)O)o2)CC1. The molecule has 6 nitrogen and oxygen atoms in total. The molecule has 1 N–H and O–H groups in total. The molecule has 1 saturated carbocycles. The molecule has 3 rings (SSSR count). The molecule has 1 unspecified atom stereocenters. The Kier molecular flexibility index (Phi) is 5.23. The summed E-state index contributed by atoms with van der Waals surface area (Å²) in [6, 6.07) is 2.97. The summed E-state index contributed by atoms with van der Waals surface area (Å²) in [5.74, 6) is -0.788. The molecule has 1 aromatic rings. The van der Waals surface area contributed by atoms with Gasteiger partial charge in [0, 0.05) is 19.2 Å². The zero-order chi connectivity index (χ0) is 17.1. The van der Waals surface area contributed by atoms with E-state index in [1.807, 2.05) is 4.90 Å². The van der Waals surface area contributed by atoms with Crippen LogP contribution in [0.25, 0.3) is 0 Å². The number of ether oxygens (including phenoxy) is 1. The van der Waals surface area contributed by atoms with Gasteiger partial charge >= 0.3 is 5.97 Å². The molecule has 0 aromatic carbocycles. The van der Waals surface area contributed by atoms with Crippen LogP contribution in [-0.4, -0.2) is 47.2 Å². The third-order valence-electron chi connectivity index (χ3n) is 5.14. The molecule has 1 amide bonds. The van der Waals surface area contributed by atoms with Crippen LogP contribution in [0.5, 0.6) is 0 Å². The number of furan rings is 1. The summed E-state index contributed by atoms with van der Waals surface area (Å²) >= 11 is 0. The molecule has 1 aliphatic carbocycles. The molecule has 0 radical (unpaired) electrons. The lowest BCUT2D eigenvalue weighted by Crippen LogP contribution is -2.45. The van der Waals surface area contributed by atoms with E-state index < -0.39 is 5.97 Å². The maximum Gasteiger partial charge on any atom is 0.371 e. The Balaban J connectivity index is 1.76. The minimum Gasteiger partial charge on any atom is -0.475 e. The first-order valence-electron chi connectivity index (χ1n) is 8.80. The number of nitrogens with zero attached hydrogens (tertiary/aromatic N) is 1. The Bertz CT molecular complexity index is 582. The van der Waals surface area contributed by atoms with Crippen molar-refractivity contribution in [3.63, 3.8) is 0 Å². The van der Waals surface area contributed by atoms with Crippen LogP contribution in [0.4, 0.5) is 0 Å². The van der Waals surface area contributed by atoms with Crippen LogP contribution in [-0.2, 0) is 4.74 Å². The van der Waals surface area contributed by atoms with Crippen molar-refractivity contribution in [2.24, 2.45) is 5.92 Å². The molecule has 1 atom stereocenters. The van der Waals surface area contributed by atoms with Gasteiger partial charge in [-0.1, -0.05) is 6.92 Å². The van der Waals surface area contributed by atoms with E-state index in [1.54, 1.807) is 0 Å². The quantitative estimate of drug-likeness (QED) is 0.894. The van der Waals surface area contributed by atoms with Crippen molar-refractivity contribution in [3.05, 3.63) is 23.7 Å². The number of carbonyl (C=O) groups is 2. The van der Waals surface area contributed by atoms with Crippen LogP contribution in [0.15, 0.2) is 16.5 Å². The molecule has 2 heterocycles. The van der Waals surface area contributed by atoms with E-state index in [1.165, 1.54) is 12.1 Å². The molecule has 0 bridgehead atoms. The third kappa shape index (κ3) is 3.80. The van der Waals surface area contributed by atoms with E-state index in [9.17, 15) is 9.59 Å². The van der Waals surface area contributed by atoms with Gasteiger partial charge in [0.15, 0.2) is 5.76 Å². The van der Waals surface area contributed by atoms with E-state index in [-0.39, 0.29) is 29.6 Å². The summed E-state index contributed by atoms with van der Waals surface area (Å²) < 4.78 is 10.9. The number of aromatic carboxylic acids is 1. The van der Waals surface area contributed by atoms with Gasteiger partial charge in [-0.25, -0.2) is 4.79 Å². The summed E-state index contributed by atoms with van der Waals surface area (Å²) in [5.41, 5.74) is 0. The molecule has 2 aliphatic rings. The zero-order valence-corrected chi connectivity index (χ0v) is 14.1. The predicted octanol–water partition coefficient (Wildman–Crippen LogP) is 3.18. The Morgan fingerprint density at radius 3 is 2.46 bits per heavy atom. The van der Waals surface area contributed by atoms with Crippen LogP contribution >= 0.6 is 0 Å². The van der Waals surface area contributed by atoms with Gasteiger partial charge < -0.3 is 19.2 Å². The average molecular weight is 335 g/mol. The lowest BCUT2D eigenvalue weighted by molar-refractivity contribution is 0.0317. The van der Waals surface area contributed by atoms with Crippen molar-refractivity contribution in [1.29, 1.82) is 0 Å². The van der Waals surface area contributed by atoms with Crippen molar-refractivity contribution in [2.45, 2.75) is 57.6 Å². The summed E-state index contributed by atoms with van der Waals surface area (Å²) in [6.45, 7) is 3.55. The summed E-state index contributed by atoms with van der Waals surface area (Å²) in [7, 11) is 0. The summed E-state index contributed by atoms with van der Waals surface area (Å²) in [6.07, 6.45) is 6.24. The fourth-order valence-corrected chi connectivity index (χ4v) is 3.67. The Morgan fingerprint density at radius 1 is 1.17 bits per heavy atom.